The molecule has 0 aliphatic carbocycles. The molecule has 104 valence electrons. The summed E-state index contributed by atoms with van der Waals surface area (Å²) in [4.78, 5) is 3.38. The summed E-state index contributed by atoms with van der Waals surface area (Å²) >= 11 is 0. The normalized spacial score (nSPS) is 11.8. The van der Waals surface area contributed by atoms with Crippen LogP contribution in [0.5, 0.6) is 5.75 Å². The molecule has 0 fully saturated rings. The number of benzene rings is 4. The Hall–Kier alpha value is -3.00. The van der Waals surface area contributed by atoms with Crippen LogP contribution in [0, 0.1) is 0 Å². The fraction of sp³-hybridized carbons (Fsp3) is 0. The van der Waals surface area contributed by atoms with E-state index in [2.05, 4.69) is 47.4 Å². The number of aromatic amines is 1. The van der Waals surface area contributed by atoms with Crippen LogP contribution in [0.3, 0.4) is 0 Å². The lowest BCUT2D eigenvalue weighted by molar-refractivity contribution is 0.481. The molecule has 22 heavy (non-hydrogen) atoms. The molecule has 5 aromatic rings. The number of nitrogens with one attached hydrogen (secondary N) is 1. The molecule has 1 aromatic heterocycles. The second-order valence-electron chi connectivity index (χ2n) is 5.70. The minimum atomic E-state index is 0.300. The molecule has 2 heteroatoms. The number of phenols is 1. The van der Waals surface area contributed by atoms with E-state index in [1.54, 1.807) is 0 Å². The maximum Gasteiger partial charge on any atom is 0.140 e. The van der Waals surface area contributed by atoms with Crippen molar-refractivity contribution in [2.24, 2.45) is 0 Å². The fourth-order valence-electron chi connectivity index (χ4n) is 3.50. The maximum absolute atomic E-state index is 10.4. The van der Waals surface area contributed by atoms with Crippen molar-refractivity contribution in [3.05, 3.63) is 66.7 Å². The molecule has 0 bridgehead atoms. The van der Waals surface area contributed by atoms with Crippen LogP contribution in [0.1, 0.15) is 0 Å². The van der Waals surface area contributed by atoms with Gasteiger partial charge in [-0.05, 0) is 33.7 Å². The van der Waals surface area contributed by atoms with Gasteiger partial charge in [-0.2, -0.15) is 0 Å². The molecule has 0 atom stereocenters. The molecule has 0 radical (unpaired) electrons. The highest BCUT2D eigenvalue weighted by Crippen LogP contribution is 2.40. The van der Waals surface area contributed by atoms with Gasteiger partial charge in [0.2, 0.25) is 0 Å². The largest absolute Gasteiger partial charge is 0.506 e. The van der Waals surface area contributed by atoms with Crippen LogP contribution in [0.25, 0.3) is 43.4 Å². The molecule has 0 spiro atoms. The SMILES string of the molecule is Oc1cc2ccccc2c2c1[nH]c1ccc3ccccc3c12. The van der Waals surface area contributed by atoms with Crippen LogP contribution < -0.4 is 0 Å². The van der Waals surface area contributed by atoms with Gasteiger partial charge < -0.3 is 10.1 Å². The third-order valence-corrected chi connectivity index (χ3v) is 4.47. The summed E-state index contributed by atoms with van der Waals surface area (Å²) in [6.45, 7) is 0. The van der Waals surface area contributed by atoms with Crippen LogP contribution >= 0.6 is 0 Å². The number of hydrogen-bond donors (Lipinski definition) is 2. The monoisotopic (exact) mass is 283 g/mol. The zero-order valence-electron chi connectivity index (χ0n) is 11.8. The smallest absolute Gasteiger partial charge is 0.140 e. The van der Waals surface area contributed by atoms with Crippen molar-refractivity contribution >= 4 is 43.4 Å². The predicted molar refractivity (Wildman–Crippen MR) is 92.5 cm³/mol. The van der Waals surface area contributed by atoms with Crippen molar-refractivity contribution in [1.29, 1.82) is 0 Å². The highest BCUT2D eigenvalue weighted by Gasteiger charge is 2.14. The van der Waals surface area contributed by atoms with Crippen LogP contribution in [0.2, 0.25) is 0 Å². The van der Waals surface area contributed by atoms with E-state index in [1.165, 1.54) is 16.2 Å². The summed E-state index contributed by atoms with van der Waals surface area (Å²) in [7, 11) is 0. The second-order valence-corrected chi connectivity index (χ2v) is 5.70. The fourth-order valence-corrected chi connectivity index (χ4v) is 3.50. The minimum Gasteiger partial charge on any atom is -0.506 e. The van der Waals surface area contributed by atoms with Gasteiger partial charge in [-0.3, -0.25) is 0 Å². The van der Waals surface area contributed by atoms with Gasteiger partial charge in [-0.15, -0.1) is 0 Å². The summed E-state index contributed by atoms with van der Waals surface area (Å²) in [5, 5.41) is 17.3. The quantitative estimate of drug-likeness (QED) is 0.396. The summed E-state index contributed by atoms with van der Waals surface area (Å²) in [6.07, 6.45) is 0. The Kier molecular flexibility index (Phi) is 2.12. The lowest BCUT2D eigenvalue weighted by Gasteiger charge is -2.04. The molecule has 0 saturated carbocycles. The van der Waals surface area contributed by atoms with Gasteiger partial charge in [0.05, 0.1) is 5.52 Å². The third-order valence-electron chi connectivity index (χ3n) is 4.47. The van der Waals surface area contributed by atoms with E-state index in [-0.39, 0.29) is 0 Å². The minimum absolute atomic E-state index is 0.300. The molecule has 0 amide bonds. The number of H-pyrrole nitrogens is 1. The second kappa shape index (κ2) is 4.01. The first kappa shape index (κ1) is 11.6. The average Bonchev–Trinajstić information content (AvgIpc) is 2.96. The Morgan fingerprint density at radius 3 is 2.18 bits per heavy atom. The molecule has 0 aliphatic heterocycles. The number of aromatic hydroxyl groups is 1. The van der Waals surface area contributed by atoms with E-state index in [4.69, 9.17) is 0 Å². The van der Waals surface area contributed by atoms with Crippen molar-refractivity contribution < 1.29 is 5.11 Å². The van der Waals surface area contributed by atoms with Gasteiger partial charge in [0.15, 0.2) is 0 Å². The molecule has 4 aromatic carbocycles. The lowest BCUT2D eigenvalue weighted by atomic mass is 9.99. The number of phenolic OH excluding ortho intramolecular Hbond substituents is 1. The van der Waals surface area contributed by atoms with E-state index >= 15 is 0 Å². The van der Waals surface area contributed by atoms with E-state index in [9.17, 15) is 5.11 Å². The van der Waals surface area contributed by atoms with Crippen LogP contribution in [-0.2, 0) is 0 Å². The lowest BCUT2D eigenvalue weighted by Crippen LogP contribution is -1.77. The van der Waals surface area contributed by atoms with Crippen molar-refractivity contribution in [3.8, 4) is 5.75 Å². The maximum atomic E-state index is 10.4. The molecule has 5 rings (SSSR count). The average molecular weight is 283 g/mol. The summed E-state index contributed by atoms with van der Waals surface area (Å²) < 4.78 is 0. The van der Waals surface area contributed by atoms with Crippen LogP contribution in [0.15, 0.2) is 66.7 Å². The molecule has 2 N–H and O–H groups in total. The molecule has 0 saturated heterocycles. The zero-order valence-corrected chi connectivity index (χ0v) is 11.8. The Morgan fingerprint density at radius 1 is 0.682 bits per heavy atom. The topological polar surface area (TPSA) is 36.0 Å². The van der Waals surface area contributed by atoms with Crippen LogP contribution in [-0.4, -0.2) is 10.1 Å². The Labute approximate surface area is 126 Å². The summed E-state index contributed by atoms with van der Waals surface area (Å²) in [5.74, 6) is 0.300. The highest BCUT2D eigenvalue weighted by atomic mass is 16.3. The number of fused-ring (bicyclic) bond motifs is 7. The molecule has 0 unspecified atom stereocenters. The van der Waals surface area contributed by atoms with Crippen molar-refractivity contribution in [1.82, 2.24) is 4.98 Å². The predicted octanol–water partition coefficient (Wildman–Crippen LogP) is 5.33. The molecule has 2 nitrogen and oxygen atoms in total. The first-order valence-corrected chi connectivity index (χ1v) is 7.37. The summed E-state index contributed by atoms with van der Waals surface area (Å²) in [5.41, 5.74) is 1.87. The van der Waals surface area contributed by atoms with Crippen LogP contribution in [0.4, 0.5) is 0 Å². The summed E-state index contributed by atoms with van der Waals surface area (Å²) in [6, 6.07) is 22.6. The molecule has 1 heterocycles. The van der Waals surface area contributed by atoms with Gasteiger partial charge in [0.25, 0.3) is 0 Å². The van der Waals surface area contributed by atoms with Gasteiger partial charge in [-0.1, -0.05) is 54.6 Å². The van der Waals surface area contributed by atoms with E-state index in [0.717, 1.165) is 27.2 Å². The zero-order chi connectivity index (χ0) is 14.7. The van der Waals surface area contributed by atoms with Crippen molar-refractivity contribution in [2.75, 3.05) is 0 Å². The third kappa shape index (κ3) is 1.39. The van der Waals surface area contributed by atoms with Gasteiger partial charge in [0.1, 0.15) is 5.75 Å². The van der Waals surface area contributed by atoms with Gasteiger partial charge in [0, 0.05) is 16.3 Å². The number of aromatic nitrogens is 1. The van der Waals surface area contributed by atoms with Crippen molar-refractivity contribution in [3.63, 3.8) is 0 Å². The van der Waals surface area contributed by atoms with E-state index in [1.807, 2.05) is 24.3 Å². The first-order valence-electron chi connectivity index (χ1n) is 7.37. The molecular weight excluding hydrogens is 270 g/mol. The Morgan fingerprint density at radius 2 is 1.36 bits per heavy atom. The van der Waals surface area contributed by atoms with Gasteiger partial charge >= 0.3 is 0 Å². The molecular formula is C20H13NO. The standard InChI is InChI=1S/C20H13NO/c22-17-11-13-6-2-4-8-15(13)19-18-14-7-3-1-5-12(14)9-10-16(18)21-20(17)19/h1-11,21-22H. The van der Waals surface area contributed by atoms with E-state index in [0.29, 0.717) is 5.75 Å². The van der Waals surface area contributed by atoms with E-state index < -0.39 is 0 Å². The Balaban J connectivity index is 2.20. The van der Waals surface area contributed by atoms with Crippen molar-refractivity contribution in [2.45, 2.75) is 0 Å². The number of rotatable bonds is 0. The molecule has 0 aliphatic rings. The Bertz CT molecular complexity index is 1180. The highest BCUT2D eigenvalue weighted by molar-refractivity contribution is 6.28. The van der Waals surface area contributed by atoms with Gasteiger partial charge in [-0.25, -0.2) is 0 Å². The first-order chi connectivity index (χ1) is 10.8. The number of hydrogen-bond acceptors (Lipinski definition) is 1.